The zero-order chi connectivity index (χ0) is 28.1. The maximum Gasteiger partial charge on any atom is 0.264 e. The van der Waals surface area contributed by atoms with E-state index < -0.39 is 45.8 Å². The highest BCUT2D eigenvalue weighted by atomic mass is 32.2. The number of aryl methyl sites for hydroxylation is 1. The Morgan fingerprint density at radius 1 is 0.947 bits per heavy atom. The Morgan fingerprint density at radius 3 is 2.18 bits per heavy atom. The van der Waals surface area contributed by atoms with Gasteiger partial charge in [0.05, 0.1) is 10.6 Å². The SMILES string of the molecule is Cc1cccc(N(CC(=O)N(Cc2ccccc2F)[C@H](C)C(=O)NC(C)(C)C)S(=O)(=O)c2ccccc2)c1. The molecule has 0 aliphatic rings. The van der Waals surface area contributed by atoms with E-state index in [1.165, 1.54) is 35.2 Å². The maximum atomic E-state index is 14.6. The second kappa shape index (κ2) is 11.8. The van der Waals surface area contributed by atoms with E-state index >= 15 is 0 Å². The smallest absolute Gasteiger partial charge is 0.264 e. The molecular formula is C29H34FN3O4S. The molecule has 0 unspecified atom stereocenters. The number of hydrogen-bond acceptors (Lipinski definition) is 4. The Labute approximate surface area is 224 Å². The molecule has 0 heterocycles. The fraction of sp³-hybridized carbons (Fsp3) is 0.310. The number of halogens is 1. The third-order valence-electron chi connectivity index (χ3n) is 5.86. The molecule has 0 fully saturated rings. The standard InChI is InChI=1S/C29H34FN3O4S/c1-21-12-11-14-24(18-21)33(38(36,37)25-15-7-6-8-16-25)20-27(34)32(19-23-13-9-10-17-26(23)30)22(2)28(35)31-29(3,4)5/h6-18,22H,19-20H2,1-5H3,(H,31,35)/t22-/m1/s1. The molecule has 3 aromatic rings. The Kier molecular flexibility index (Phi) is 8.93. The first-order valence-corrected chi connectivity index (χ1v) is 13.7. The van der Waals surface area contributed by atoms with Crippen LogP contribution in [-0.4, -0.2) is 43.3 Å². The summed E-state index contributed by atoms with van der Waals surface area (Å²) in [7, 11) is -4.14. The van der Waals surface area contributed by atoms with Gasteiger partial charge in [0.1, 0.15) is 18.4 Å². The van der Waals surface area contributed by atoms with Gasteiger partial charge in [0.2, 0.25) is 11.8 Å². The van der Waals surface area contributed by atoms with Crippen LogP contribution in [0.3, 0.4) is 0 Å². The summed E-state index contributed by atoms with van der Waals surface area (Å²) in [5, 5.41) is 2.84. The van der Waals surface area contributed by atoms with Crippen LogP contribution in [0.15, 0.2) is 83.8 Å². The molecule has 0 spiro atoms. The number of rotatable bonds is 9. The Hall–Kier alpha value is -3.72. The third-order valence-corrected chi connectivity index (χ3v) is 7.65. The summed E-state index contributed by atoms with van der Waals surface area (Å²) in [5.41, 5.74) is 0.760. The van der Waals surface area contributed by atoms with Gasteiger partial charge in [-0.05, 0) is 70.5 Å². The zero-order valence-corrected chi connectivity index (χ0v) is 23.1. The van der Waals surface area contributed by atoms with Crippen molar-refractivity contribution in [3.8, 4) is 0 Å². The summed E-state index contributed by atoms with van der Waals surface area (Å²) in [6, 6.07) is 19.6. The molecule has 0 aliphatic heterocycles. The molecule has 7 nitrogen and oxygen atoms in total. The van der Waals surface area contributed by atoms with Gasteiger partial charge in [-0.25, -0.2) is 12.8 Å². The van der Waals surface area contributed by atoms with E-state index in [1.54, 1.807) is 49.4 Å². The molecule has 0 saturated heterocycles. The molecule has 0 aromatic heterocycles. The van der Waals surface area contributed by atoms with E-state index in [0.29, 0.717) is 5.69 Å². The number of carbonyl (C=O) groups is 2. The van der Waals surface area contributed by atoms with Crippen molar-refractivity contribution in [2.24, 2.45) is 0 Å². The lowest BCUT2D eigenvalue weighted by Gasteiger charge is -2.33. The average molecular weight is 540 g/mol. The number of sulfonamides is 1. The first kappa shape index (κ1) is 28.8. The van der Waals surface area contributed by atoms with E-state index in [1.807, 2.05) is 33.8 Å². The zero-order valence-electron chi connectivity index (χ0n) is 22.3. The van der Waals surface area contributed by atoms with Gasteiger partial charge in [-0.1, -0.05) is 48.5 Å². The van der Waals surface area contributed by atoms with Crippen molar-refractivity contribution in [2.45, 2.75) is 57.6 Å². The van der Waals surface area contributed by atoms with E-state index in [2.05, 4.69) is 5.32 Å². The summed E-state index contributed by atoms with van der Waals surface area (Å²) < 4.78 is 43.1. The molecular weight excluding hydrogens is 505 g/mol. The fourth-order valence-electron chi connectivity index (χ4n) is 3.90. The third kappa shape index (κ3) is 7.19. The molecule has 2 amide bonds. The lowest BCUT2D eigenvalue weighted by atomic mass is 10.1. The molecule has 1 N–H and O–H groups in total. The predicted octanol–water partition coefficient (Wildman–Crippen LogP) is 4.66. The summed E-state index contributed by atoms with van der Waals surface area (Å²) >= 11 is 0. The van der Waals surface area contributed by atoms with Gasteiger partial charge in [0.15, 0.2) is 0 Å². The van der Waals surface area contributed by atoms with E-state index in [9.17, 15) is 22.4 Å². The monoisotopic (exact) mass is 539 g/mol. The minimum Gasteiger partial charge on any atom is -0.350 e. The van der Waals surface area contributed by atoms with Crippen molar-refractivity contribution in [1.82, 2.24) is 10.2 Å². The van der Waals surface area contributed by atoms with E-state index in [0.717, 1.165) is 9.87 Å². The molecule has 9 heteroatoms. The number of nitrogens with one attached hydrogen (secondary N) is 1. The second-order valence-corrected chi connectivity index (χ2v) is 12.1. The van der Waals surface area contributed by atoms with Crippen molar-refractivity contribution in [3.63, 3.8) is 0 Å². The normalized spacial score (nSPS) is 12.5. The highest BCUT2D eigenvalue weighted by Gasteiger charge is 2.33. The van der Waals surface area contributed by atoms with Crippen molar-refractivity contribution >= 4 is 27.5 Å². The van der Waals surface area contributed by atoms with Crippen molar-refractivity contribution in [1.29, 1.82) is 0 Å². The van der Waals surface area contributed by atoms with Crippen molar-refractivity contribution < 1.29 is 22.4 Å². The van der Waals surface area contributed by atoms with Crippen molar-refractivity contribution in [3.05, 3.63) is 95.8 Å². The Morgan fingerprint density at radius 2 is 1.58 bits per heavy atom. The van der Waals surface area contributed by atoms with E-state index in [4.69, 9.17) is 0 Å². The molecule has 0 saturated carbocycles. The summed E-state index contributed by atoms with van der Waals surface area (Å²) in [4.78, 5) is 28.1. The van der Waals surface area contributed by atoms with Crippen LogP contribution in [0.5, 0.6) is 0 Å². The van der Waals surface area contributed by atoms with Crippen LogP contribution >= 0.6 is 0 Å². The molecule has 3 rings (SSSR count). The van der Waals surface area contributed by atoms with Crippen LogP contribution in [0.2, 0.25) is 0 Å². The van der Waals surface area contributed by atoms with Crippen molar-refractivity contribution in [2.75, 3.05) is 10.8 Å². The number of nitrogens with zero attached hydrogens (tertiary/aromatic N) is 2. The number of benzene rings is 3. The Balaban J connectivity index is 2.04. The summed E-state index contributed by atoms with van der Waals surface area (Å²) in [6.07, 6.45) is 0. The van der Waals surface area contributed by atoms with Gasteiger partial charge in [-0.3, -0.25) is 13.9 Å². The molecule has 3 aromatic carbocycles. The average Bonchev–Trinajstić information content (AvgIpc) is 2.85. The van der Waals surface area contributed by atoms with Crippen LogP contribution in [0.1, 0.15) is 38.8 Å². The van der Waals surface area contributed by atoms with Crippen LogP contribution in [0.25, 0.3) is 0 Å². The number of anilines is 1. The van der Waals surface area contributed by atoms with Gasteiger partial charge >= 0.3 is 0 Å². The van der Waals surface area contributed by atoms with Crippen LogP contribution in [0, 0.1) is 12.7 Å². The largest absolute Gasteiger partial charge is 0.350 e. The first-order chi connectivity index (χ1) is 17.8. The van der Waals surface area contributed by atoms with Gasteiger partial charge in [-0.15, -0.1) is 0 Å². The molecule has 1 atom stereocenters. The highest BCUT2D eigenvalue weighted by Crippen LogP contribution is 2.25. The van der Waals surface area contributed by atoms with Gasteiger partial charge < -0.3 is 10.2 Å². The second-order valence-electron chi connectivity index (χ2n) is 10.2. The number of hydrogen-bond donors (Lipinski definition) is 1. The maximum absolute atomic E-state index is 14.6. The lowest BCUT2D eigenvalue weighted by molar-refractivity contribution is -0.140. The topological polar surface area (TPSA) is 86.8 Å². The van der Waals surface area contributed by atoms with Crippen LogP contribution < -0.4 is 9.62 Å². The number of carbonyl (C=O) groups excluding carboxylic acids is 2. The Bertz CT molecular complexity index is 1390. The van der Waals surface area contributed by atoms with Crippen LogP contribution in [-0.2, 0) is 26.2 Å². The highest BCUT2D eigenvalue weighted by molar-refractivity contribution is 7.92. The van der Waals surface area contributed by atoms with Gasteiger partial charge in [0.25, 0.3) is 10.0 Å². The molecule has 202 valence electrons. The van der Waals surface area contributed by atoms with Crippen LogP contribution in [0.4, 0.5) is 10.1 Å². The summed E-state index contributed by atoms with van der Waals surface area (Å²) in [5.74, 6) is -1.61. The minimum atomic E-state index is -4.14. The summed E-state index contributed by atoms with van der Waals surface area (Å²) in [6.45, 7) is 8.01. The molecule has 0 aliphatic carbocycles. The molecule has 0 radical (unpaired) electrons. The van der Waals surface area contributed by atoms with Gasteiger partial charge in [0, 0.05) is 17.6 Å². The van der Waals surface area contributed by atoms with E-state index in [-0.39, 0.29) is 17.0 Å². The fourth-order valence-corrected chi connectivity index (χ4v) is 5.33. The lowest BCUT2D eigenvalue weighted by Crippen LogP contribution is -2.54. The quantitative estimate of drug-likeness (QED) is 0.429. The first-order valence-electron chi connectivity index (χ1n) is 12.3. The minimum absolute atomic E-state index is 0.0217. The molecule has 38 heavy (non-hydrogen) atoms. The predicted molar refractivity (Wildman–Crippen MR) is 146 cm³/mol. The number of amides is 2. The van der Waals surface area contributed by atoms with Gasteiger partial charge in [-0.2, -0.15) is 0 Å². The molecule has 0 bridgehead atoms.